The number of rotatable bonds is 2. The lowest BCUT2D eigenvalue weighted by Gasteiger charge is -2.09. The molecule has 1 heterocycles. The molecular weight excluding hydrogens is 405 g/mol. The van der Waals surface area contributed by atoms with Crippen molar-refractivity contribution in [2.24, 2.45) is 0 Å². The van der Waals surface area contributed by atoms with Gasteiger partial charge in [-0.05, 0) is 54.5 Å². The number of hydrogen-bond donors (Lipinski definition) is 1. The lowest BCUT2D eigenvalue weighted by Crippen LogP contribution is -2.16. The van der Waals surface area contributed by atoms with Gasteiger partial charge in [-0.15, -0.1) is 0 Å². The second-order valence-electron chi connectivity index (χ2n) is 5.50. The summed E-state index contributed by atoms with van der Waals surface area (Å²) in [7, 11) is -3.48. The number of amides is 1. The van der Waals surface area contributed by atoms with E-state index in [0.717, 1.165) is 0 Å². The van der Waals surface area contributed by atoms with Crippen molar-refractivity contribution in [2.75, 3.05) is 11.1 Å². The Labute approximate surface area is 160 Å². The van der Waals surface area contributed by atoms with Crippen molar-refractivity contribution in [3.8, 4) is 0 Å². The number of halogens is 3. The van der Waals surface area contributed by atoms with Crippen molar-refractivity contribution in [3.05, 3.63) is 62.6 Å². The van der Waals surface area contributed by atoms with Crippen LogP contribution in [-0.2, 0) is 14.6 Å². The van der Waals surface area contributed by atoms with Gasteiger partial charge in [-0.25, -0.2) is 8.42 Å². The Morgan fingerprint density at radius 1 is 1.00 bits per heavy atom. The smallest absolute Gasteiger partial charge is 0.251 e. The van der Waals surface area contributed by atoms with Crippen LogP contribution in [-0.4, -0.2) is 20.1 Å². The summed E-state index contributed by atoms with van der Waals surface area (Å²) in [4.78, 5) is 12.7. The highest BCUT2D eigenvalue weighted by molar-refractivity contribution is 7.91. The molecule has 0 saturated carbocycles. The second kappa shape index (κ2) is 7.00. The van der Waals surface area contributed by atoms with E-state index in [1.807, 2.05) is 0 Å². The molecule has 0 spiro atoms. The predicted octanol–water partition coefficient (Wildman–Crippen LogP) is 4.85. The van der Waals surface area contributed by atoms with Crippen LogP contribution in [0.5, 0.6) is 0 Å². The summed E-state index contributed by atoms with van der Waals surface area (Å²) in [6, 6.07) is 9.21. The lowest BCUT2D eigenvalue weighted by molar-refractivity contribution is -0.112. The van der Waals surface area contributed by atoms with E-state index in [9.17, 15) is 13.2 Å². The standard InChI is InChI=1S/C17H12Cl3NO3S/c18-12-2-4-16-11(8-12)7-10(5-6-25(16,23)24)17(22)21-15-3-1-13(19)9-14(15)20/h1-4,7-9H,5-6H2,(H,21,22). The molecule has 8 heteroatoms. The number of nitrogens with one attached hydrogen (secondary N) is 1. The first kappa shape index (κ1) is 18.3. The topological polar surface area (TPSA) is 63.2 Å². The fourth-order valence-electron chi connectivity index (χ4n) is 2.50. The normalized spacial score (nSPS) is 15.7. The Balaban J connectivity index is 1.96. The summed E-state index contributed by atoms with van der Waals surface area (Å²) in [5.74, 6) is -0.581. The highest BCUT2D eigenvalue weighted by Gasteiger charge is 2.25. The number of benzene rings is 2. The molecule has 0 unspecified atom stereocenters. The van der Waals surface area contributed by atoms with Gasteiger partial charge in [0.2, 0.25) is 0 Å². The minimum absolute atomic E-state index is 0.0890. The van der Waals surface area contributed by atoms with Crippen molar-refractivity contribution in [3.63, 3.8) is 0 Å². The first-order chi connectivity index (χ1) is 11.8. The van der Waals surface area contributed by atoms with Gasteiger partial charge in [0, 0.05) is 15.6 Å². The lowest BCUT2D eigenvalue weighted by atomic mass is 10.1. The molecule has 2 aromatic carbocycles. The Hall–Kier alpha value is -1.53. The Morgan fingerprint density at radius 3 is 2.40 bits per heavy atom. The molecule has 0 aliphatic carbocycles. The quantitative estimate of drug-likeness (QED) is 0.761. The Morgan fingerprint density at radius 2 is 1.68 bits per heavy atom. The number of carbonyl (C=O) groups excluding carboxylic acids is 1. The molecule has 0 aromatic heterocycles. The van der Waals surface area contributed by atoms with Crippen LogP contribution in [0.25, 0.3) is 6.08 Å². The molecule has 3 rings (SSSR count). The first-order valence-electron chi connectivity index (χ1n) is 7.25. The molecule has 1 N–H and O–H groups in total. The molecule has 0 fully saturated rings. The van der Waals surface area contributed by atoms with Gasteiger partial charge >= 0.3 is 0 Å². The highest BCUT2D eigenvalue weighted by Crippen LogP contribution is 2.30. The highest BCUT2D eigenvalue weighted by atomic mass is 35.5. The van der Waals surface area contributed by atoms with E-state index in [1.54, 1.807) is 18.2 Å². The largest absolute Gasteiger partial charge is 0.321 e. The third-order valence-corrected chi connectivity index (χ3v) is 6.31. The van der Waals surface area contributed by atoms with Crippen molar-refractivity contribution in [1.29, 1.82) is 0 Å². The van der Waals surface area contributed by atoms with E-state index >= 15 is 0 Å². The maximum absolute atomic E-state index is 12.6. The maximum atomic E-state index is 12.6. The third kappa shape index (κ3) is 4.01. The van der Waals surface area contributed by atoms with Crippen molar-refractivity contribution in [1.82, 2.24) is 0 Å². The number of fused-ring (bicyclic) bond motifs is 1. The summed E-state index contributed by atoms with van der Waals surface area (Å²) >= 11 is 17.9. The fraction of sp³-hybridized carbons (Fsp3) is 0.118. The van der Waals surface area contributed by atoms with Gasteiger partial charge in [0.15, 0.2) is 9.84 Å². The fourth-order valence-corrected chi connectivity index (χ4v) is 4.60. The molecule has 1 amide bonds. The molecule has 0 atom stereocenters. The minimum atomic E-state index is -3.48. The van der Waals surface area contributed by atoms with Crippen molar-refractivity contribution >= 4 is 62.3 Å². The molecule has 0 saturated heterocycles. The molecular formula is C17H12Cl3NO3S. The number of hydrogen-bond acceptors (Lipinski definition) is 3. The molecule has 0 radical (unpaired) electrons. The average Bonchev–Trinajstić information content (AvgIpc) is 2.66. The minimum Gasteiger partial charge on any atom is -0.321 e. The van der Waals surface area contributed by atoms with E-state index in [-0.39, 0.29) is 17.1 Å². The van der Waals surface area contributed by atoms with Crippen molar-refractivity contribution in [2.45, 2.75) is 11.3 Å². The second-order valence-corrected chi connectivity index (χ2v) is 8.86. The van der Waals surface area contributed by atoms with Gasteiger partial charge in [0.1, 0.15) is 0 Å². The van der Waals surface area contributed by atoms with Crippen LogP contribution in [0.4, 0.5) is 5.69 Å². The molecule has 1 aliphatic rings. The zero-order valence-corrected chi connectivity index (χ0v) is 15.8. The van der Waals surface area contributed by atoms with E-state index in [4.69, 9.17) is 34.8 Å². The maximum Gasteiger partial charge on any atom is 0.251 e. The molecule has 130 valence electrons. The van der Waals surface area contributed by atoms with E-state index in [0.29, 0.717) is 31.9 Å². The zero-order chi connectivity index (χ0) is 18.2. The summed E-state index contributed by atoms with van der Waals surface area (Å²) < 4.78 is 24.8. The molecule has 0 bridgehead atoms. The third-order valence-electron chi connectivity index (χ3n) is 3.75. The zero-order valence-electron chi connectivity index (χ0n) is 12.7. The summed E-state index contributed by atoms with van der Waals surface area (Å²) in [6.45, 7) is 0. The van der Waals surface area contributed by atoms with Gasteiger partial charge < -0.3 is 5.32 Å². The van der Waals surface area contributed by atoms with Gasteiger partial charge in [0.05, 0.1) is 21.4 Å². The first-order valence-corrected chi connectivity index (χ1v) is 10.0. The van der Waals surface area contributed by atoms with Crippen LogP contribution < -0.4 is 5.32 Å². The Bertz CT molecular complexity index is 1000. The summed E-state index contributed by atoms with van der Waals surface area (Å²) in [5, 5.41) is 3.83. The SMILES string of the molecule is O=C(Nc1ccc(Cl)cc1Cl)C1=Cc2cc(Cl)ccc2S(=O)(=O)CC1. The number of sulfone groups is 1. The van der Waals surface area contributed by atoms with Gasteiger partial charge in [-0.1, -0.05) is 34.8 Å². The monoisotopic (exact) mass is 415 g/mol. The molecule has 2 aromatic rings. The molecule has 4 nitrogen and oxygen atoms in total. The Kier molecular flexibility index (Phi) is 5.11. The van der Waals surface area contributed by atoms with E-state index in [1.165, 1.54) is 24.3 Å². The van der Waals surface area contributed by atoms with Gasteiger partial charge in [0.25, 0.3) is 5.91 Å². The molecule has 1 aliphatic heterocycles. The van der Waals surface area contributed by atoms with E-state index in [2.05, 4.69) is 5.32 Å². The van der Waals surface area contributed by atoms with Crippen LogP contribution in [0.15, 0.2) is 46.9 Å². The van der Waals surface area contributed by atoms with Crippen molar-refractivity contribution < 1.29 is 13.2 Å². The van der Waals surface area contributed by atoms with Crippen LogP contribution in [0.1, 0.15) is 12.0 Å². The number of anilines is 1. The summed E-state index contributed by atoms with van der Waals surface area (Å²) in [6.07, 6.45) is 1.64. The summed E-state index contributed by atoms with van der Waals surface area (Å²) in [5.41, 5.74) is 1.13. The molecule has 25 heavy (non-hydrogen) atoms. The number of carbonyl (C=O) groups is 1. The average molecular weight is 417 g/mol. The van der Waals surface area contributed by atoms with Crippen LogP contribution in [0, 0.1) is 0 Å². The van der Waals surface area contributed by atoms with Gasteiger partial charge in [-0.2, -0.15) is 0 Å². The predicted molar refractivity (Wildman–Crippen MR) is 101 cm³/mol. The van der Waals surface area contributed by atoms with Crippen LogP contribution in [0.3, 0.4) is 0 Å². The van der Waals surface area contributed by atoms with Crippen LogP contribution >= 0.6 is 34.8 Å². The van der Waals surface area contributed by atoms with E-state index < -0.39 is 15.7 Å². The van der Waals surface area contributed by atoms with Gasteiger partial charge in [-0.3, -0.25) is 4.79 Å². The van der Waals surface area contributed by atoms with Crippen LogP contribution in [0.2, 0.25) is 15.1 Å².